The Hall–Kier alpha value is -1.09. The summed E-state index contributed by atoms with van der Waals surface area (Å²) in [6.07, 6.45) is 6.60. The number of aliphatic hydroxyl groups excluding tert-OH is 1. The Labute approximate surface area is 117 Å². The molecule has 0 saturated carbocycles. The van der Waals surface area contributed by atoms with E-state index < -0.39 is 0 Å². The van der Waals surface area contributed by atoms with Crippen molar-refractivity contribution in [3.05, 3.63) is 24.0 Å². The predicted octanol–water partition coefficient (Wildman–Crippen LogP) is 3.41. The van der Waals surface area contributed by atoms with Crippen LogP contribution in [0, 0.1) is 12.8 Å². The quantitative estimate of drug-likeness (QED) is 0.905. The van der Waals surface area contributed by atoms with Crippen LogP contribution >= 0.6 is 0 Å². The van der Waals surface area contributed by atoms with Crippen LogP contribution in [0.2, 0.25) is 0 Å². The van der Waals surface area contributed by atoms with Crippen LogP contribution in [0.4, 0.5) is 5.69 Å². The molecule has 1 N–H and O–H groups in total. The summed E-state index contributed by atoms with van der Waals surface area (Å²) in [6, 6.07) is 4.24. The Morgan fingerprint density at radius 1 is 1.26 bits per heavy atom. The van der Waals surface area contributed by atoms with E-state index in [9.17, 15) is 0 Å². The van der Waals surface area contributed by atoms with E-state index in [-0.39, 0.29) is 0 Å². The van der Waals surface area contributed by atoms with Crippen molar-refractivity contribution in [2.24, 2.45) is 5.92 Å². The summed E-state index contributed by atoms with van der Waals surface area (Å²) < 4.78 is 0. The Morgan fingerprint density at radius 2 is 1.95 bits per heavy atom. The topological polar surface area (TPSA) is 36.4 Å². The second-order valence-electron chi connectivity index (χ2n) is 4.95. The number of pyridine rings is 1. The molecule has 0 radical (unpaired) electrons. The van der Waals surface area contributed by atoms with Gasteiger partial charge in [0.1, 0.15) is 0 Å². The summed E-state index contributed by atoms with van der Waals surface area (Å²) in [5, 5.41) is 8.83. The number of aromatic nitrogens is 1. The standard InChI is InChI=1S/C14H22N2O.C2H6/c1-12-4-5-14(11-15-12)16-8-6-13(7-9-16)3-2-10-17;1-2/h4-5,11,13,17H,2-3,6-10H2,1H3;1-2H3. The maximum absolute atomic E-state index is 8.83. The normalized spacial score (nSPS) is 15.9. The van der Waals surface area contributed by atoms with E-state index in [1.54, 1.807) is 0 Å². The molecular formula is C16H28N2O. The number of hydrogen-bond acceptors (Lipinski definition) is 3. The summed E-state index contributed by atoms with van der Waals surface area (Å²) in [5.74, 6) is 0.803. The minimum absolute atomic E-state index is 0.335. The van der Waals surface area contributed by atoms with Crippen LogP contribution in [0.5, 0.6) is 0 Å². The second-order valence-corrected chi connectivity index (χ2v) is 4.95. The maximum atomic E-state index is 8.83. The van der Waals surface area contributed by atoms with E-state index in [0.717, 1.165) is 31.1 Å². The van der Waals surface area contributed by atoms with E-state index in [1.165, 1.54) is 24.9 Å². The van der Waals surface area contributed by atoms with Crippen molar-refractivity contribution in [1.82, 2.24) is 4.98 Å². The molecule has 0 amide bonds. The van der Waals surface area contributed by atoms with Crippen molar-refractivity contribution in [2.45, 2.75) is 46.5 Å². The fourth-order valence-electron chi connectivity index (χ4n) is 2.51. The zero-order valence-electron chi connectivity index (χ0n) is 12.6. The van der Waals surface area contributed by atoms with E-state index in [0.29, 0.717) is 6.61 Å². The van der Waals surface area contributed by atoms with E-state index in [2.05, 4.69) is 22.0 Å². The number of aryl methyl sites for hydroxylation is 1. The van der Waals surface area contributed by atoms with Gasteiger partial charge in [0.25, 0.3) is 0 Å². The lowest BCUT2D eigenvalue weighted by Crippen LogP contribution is -2.33. The highest BCUT2D eigenvalue weighted by Crippen LogP contribution is 2.25. The third-order valence-electron chi connectivity index (χ3n) is 3.65. The molecule has 1 aliphatic heterocycles. The number of aliphatic hydroxyl groups is 1. The van der Waals surface area contributed by atoms with Gasteiger partial charge in [-0.3, -0.25) is 4.98 Å². The monoisotopic (exact) mass is 264 g/mol. The molecule has 0 atom stereocenters. The molecule has 2 heterocycles. The smallest absolute Gasteiger partial charge is 0.0552 e. The highest BCUT2D eigenvalue weighted by atomic mass is 16.2. The van der Waals surface area contributed by atoms with Crippen LogP contribution in [0.1, 0.15) is 45.2 Å². The number of rotatable bonds is 4. The molecule has 3 nitrogen and oxygen atoms in total. The van der Waals surface area contributed by atoms with Gasteiger partial charge < -0.3 is 10.0 Å². The Morgan fingerprint density at radius 3 is 2.47 bits per heavy atom. The van der Waals surface area contributed by atoms with Crippen molar-refractivity contribution >= 4 is 5.69 Å². The average molecular weight is 264 g/mol. The third kappa shape index (κ3) is 5.19. The fourth-order valence-corrected chi connectivity index (χ4v) is 2.51. The molecule has 1 fully saturated rings. The zero-order valence-corrected chi connectivity index (χ0v) is 12.6. The molecule has 3 heteroatoms. The SMILES string of the molecule is CC.Cc1ccc(N2CCC(CCCO)CC2)cn1. The number of piperidine rings is 1. The van der Waals surface area contributed by atoms with Crippen molar-refractivity contribution in [3.8, 4) is 0 Å². The van der Waals surface area contributed by atoms with Gasteiger partial charge in [0, 0.05) is 25.4 Å². The van der Waals surface area contributed by atoms with Crippen LogP contribution in [0.3, 0.4) is 0 Å². The minimum atomic E-state index is 0.335. The van der Waals surface area contributed by atoms with E-state index >= 15 is 0 Å². The highest BCUT2D eigenvalue weighted by molar-refractivity contribution is 5.44. The molecule has 108 valence electrons. The molecule has 1 saturated heterocycles. The van der Waals surface area contributed by atoms with Crippen LogP contribution in [-0.4, -0.2) is 29.8 Å². The molecule has 1 aliphatic rings. The summed E-state index contributed by atoms with van der Waals surface area (Å²) in [6.45, 7) is 8.61. The zero-order chi connectivity index (χ0) is 14.1. The molecule has 1 aromatic rings. The van der Waals surface area contributed by atoms with Gasteiger partial charge in [-0.15, -0.1) is 0 Å². The third-order valence-corrected chi connectivity index (χ3v) is 3.65. The second kappa shape index (κ2) is 8.92. The van der Waals surface area contributed by atoms with Crippen molar-refractivity contribution in [3.63, 3.8) is 0 Å². The lowest BCUT2D eigenvalue weighted by molar-refractivity contribution is 0.261. The van der Waals surface area contributed by atoms with Crippen LogP contribution in [0.25, 0.3) is 0 Å². The lowest BCUT2D eigenvalue weighted by atomic mass is 9.92. The first kappa shape index (κ1) is 16.0. The molecule has 1 aromatic heterocycles. The number of anilines is 1. The van der Waals surface area contributed by atoms with Crippen molar-refractivity contribution in [2.75, 3.05) is 24.6 Å². The van der Waals surface area contributed by atoms with Gasteiger partial charge in [-0.2, -0.15) is 0 Å². The largest absolute Gasteiger partial charge is 0.396 e. The Kier molecular flexibility index (Phi) is 7.49. The van der Waals surface area contributed by atoms with Gasteiger partial charge in [-0.25, -0.2) is 0 Å². The molecule has 0 spiro atoms. The van der Waals surface area contributed by atoms with Gasteiger partial charge >= 0.3 is 0 Å². The number of nitrogens with zero attached hydrogens (tertiary/aromatic N) is 2. The summed E-state index contributed by atoms with van der Waals surface area (Å²) in [7, 11) is 0. The fraction of sp³-hybridized carbons (Fsp3) is 0.688. The molecule has 2 rings (SSSR count). The first-order valence-corrected chi connectivity index (χ1v) is 7.58. The highest BCUT2D eigenvalue weighted by Gasteiger charge is 2.18. The van der Waals surface area contributed by atoms with Gasteiger partial charge in [0.2, 0.25) is 0 Å². The van der Waals surface area contributed by atoms with Gasteiger partial charge in [0.15, 0.2) is 0 Å². The maximum Gasteiger partial charge on any atom is 0.0552 e. The minimum Gasteiger partial charge on any atom is -0.396 e. The Balaban J connectivity index is 0.000000861. The van der Waals surface area contributed by atoms with Crippen molar-refractivity contribution < 1.29 is 5.11 Å². The molecule has 19 heavy (non-hydrogen) atoms. The molecule has 0 bridgehead atoms. The van der Waals surface area contributed by atoms with Crippen LogP contribution in [-0.2, 0) is 0 Å². The summed E-state index contributed by atoms with van der Waals surface area (Å²) >= 11 is 0. The molecule has 0 unspecified atom stereocenters. The summed E-state index contributed by atoms with van der Waals surface area (Å²) in [5.41, 5.74) is 2.32. The van der Waals surface area contributed by atoms with Crippen molar-refractivity contribution in [1.29, 1.82) is 0 Å². The van der Waals surface area contributed by atoms with Gasteiger partial charge in [0.05, 0.1) is 11.9 Å². The molecular weight excluding hydrogens is 236 g/mol. The van der Waals surface area contributed by atoms with Crippen LogP contribution < -0.4 is 4.90 Å². The average Bonchev–Trinajstić information content (AvgIpc) is 2.49. The predicted molar refractivity (Wildman–Crippen MR) is 81.6 cm³/mol. The Bertz CT molecular complexity index is 329. The van der Waals surface area contributed by atoms with E-state index in [4.69, 9.17) is 5.11 Å². The molecule has 0 aliphatic carbocycles. The first-order chi connectivity index (χ1) is 9.29. The molecule has 0 aromatic carbocycles. The number of hydrogen-bond donors (Lipinski definition) is 1. The van der Waals surface area contributed by atoms with E-state index in [1.807, 2.05) is 27.0 Å². The lowest BCUT2D eigenvalue weighted by Gasteiger charge is -2.33. The van der Waals surface area contributed by atoms with Crippen LogP contribution in [0.15, 0.2) is 18.3 Å². The van der Waals surface area contributed by atoms with Gasteiger partial charge in [-0.1, -0.05) is 13.8 Å². The van der Waals surface area contributed by atoms with Gasteiger partial charge in [-0.05, 0) is 50.7 Å². The summed E-state index contributed by atoms with van der Waals surface area (Å²) in [4.78, 5) is 6.77. The first-order valence-electron chi connectivity index (χ1n) is 7.58.